The van der Waals surface area contributed by atoms with E-state index in [0.717, 1.165) is 12.8 Å². The lowest BCUT2D eigenvalue weighted by molar-refractivity contribution is 0.0593. The molecule has 0 saturated carbocycles. The molecule has 1 aromatic heterocycles. The van der Waals surface area contributed by atoms with Crippen LogP contribution < -0.4 is 4.90 Å². The molecule has 0 atom stereocenters. The number of aromatic nitrogens is 2. The van der Waals surface area contributed by atoms with Crippen LogP contribution in [0.1, 0.15) is 37.2 Å². The minimum Gasteiger partial charge on any atom is -0.464 e. The van der Waals surface area contributed by atoms with Gasteiger partial charge in [0.15, 0.2) is 5.69 Å². The maximum atomic E-state index is 11.5. The fraction of sp³-hybridized carbons (Fsp3) is 0.615. The predicted octanol–water partition coefficient (Wildman–Crippen LogP) is 1.25. The number of ether oxygens (including phenoxy) is 1. The van der Waals surface area contributed by atoms with Crippen LogP contribution in [0.3, 0.4) is 0 Å². The first-order valence-corrected chi connectivity index (χ1v) is 6.45. The van der Waals surface area contributed by atoms with E-state index in [1.54, 1.807) is 6.20 Å². The van der Waals surface area contributed by atoms with E-state index in [-0.39, 0.29) is 18.3 Å². The van der Waals surface area contributed by atoms with Crippen molar-refractivity contribution in [2.75, 3.05) is 25.2 Å². The van der Waals surface area contributed by atoms with Gasteiger partial charge in [-0.3, -0.25) is 4.98 Å². The number of esters is 1. The number of carbonyl (C=O) groups excluding carboxylic acids is 1. The summed E-state index contributed by atoms with van der Waals surface area (Å²) in [5, 5.41) is 9.18. The zero-order chi connectivity index (χ0) is 14.3. The Hall–Kier alpha value is -1.69. The monoisotopic (exact) mass is 267 g/mol. The number of methoxy groups -OCH3 is 1. The summed E-state index contributed by atoms with van der Waals surface area (Å²) in [6.07, 6.45) is 4.83. The zero-order valence-electron chi connectivity index (χ0n) is 11.7. The van der Waals surface area contributed by atoms with E-state index in [4.69, 9.17) is 0 Å². The highest BCUT2D eigenvalue weighted by Crippen LogP contribution is 2.17. The van der Waals surface area contributed by atoms with E-state index in [1.165, 1.54) is 13.3 Å². The van der Waals surface area contributed by atoms with Crippen LogP contribution >= 0.6 is 0 Å². The average molecular weight is 267 g/mol. The number of nitrogens with zero attached hydrogens (tertiary/aromatic N) is 3. The fourth-order valence-corrected chi connectivity index (χ4v) is 2.02. The second kappa shape index (κ2) is 7.68. The highest BCUT2D eigenvalue weighted by Gasteiger charge is 2.18. The Labute approximate surface area is 113 Å². The van der Waals surface area contributed by atoms with Crippen molar-refractivity contribution in [1.82, 2.24) is 9.97 Å². The van der Waals surface area contributed by atoms with Gasteiger partial charge in [0.2, 0.25) is 0 Å². The van der Waals surface area contributed by atoms with E-state index in [1.807, 2.05) is 4.90 Å². The average Bonchev–Trinajstić information content (AvgIpc) is 2.46. The van der Waals surface area contributed by atoms with Crippen molar-refractivity contribution in [1.29, 1.82) is 0 Å². The van der Waals surface area contributed by atoms with Crippen LogP contribution in [0.2, 0.25) is 0 Å². The first-order valence-electron chi connectivity index (χ1n) is 6.45. The van der Waals surface area contributed by atoms with Gasteiger partial charge in [-0.2, -0.15) is 0 Å². The Balaban J connectivity index is 3.05. The number of aliphatic hydroxyl groups excluding tert-OH is 1. The van der Waals surface area contributed by atoms with Gasteiger partial charge in [0.05, 0.1) is 26.1 Å². The number of aliphatic hydroxyl groups is 1. The van der Waals surface area contributed by atoms with Gasteiger partial charge < -0.3 is 14.7 Å². The Kier molecular flexibility index (Phi) is 6.21. The molecule has 6 heteroatoms. The quantitative estimate of drug-likeness (QED) is 0.749. The van der Waals surface area contributed by atoms with Crippen LogP contribution in [0.15, 0.2) is 12.4 Å². The minimum atomic E-state index is -0.511. The summed E-state index contributed by atoms with van der Waals surface area (Å²) in [6.45, 7) is 4.65. The molecule has 1 rings (SSSR count). The van der Waals surface area contributed by atoms with E-state index < -0.39 is 5.97 Å². The van der Waals surface area contributed by atoms with Crippen LogP contribution in [0, 0.1) is 0 Å². The van der Waals surface area contributed by atoms with Crippen molar-refractivity contribution in [2.45, 2.75) is 32.7 Å². The summed E-state index contributed by atoms with van der Waals surface area (Å²) < 4.78 is 4.63. The van der Waals surface area contributed by atoms with Gasteiger partial charge >= 0.3 is 5.97 Å². The molecule has 0 aromatic carbocycles. The molecule has 1 heterocycles. The van der Waals surface area contributed by atoms with Gasteiger partial charge in [-0.1, -0.05) is 13.8 Å². The highest BCUT2D eigenvalue weighted by atomic mass is 16.5. The van der Waals surface area contributed by atoms with Crippen molar-refractivity contribution in [3.05, 3.63) is 18.1 Å². The van der Waals surface area contributed by atoms with Gasteiger partial charge in [-0.15, -0.1) is 0 Å². The van der Waals surface area contributed by atoms with Gasteiger partial charge in [0.1, 0.15) is 5.82 Å². The zero-order valence-corrected chi connectivity index (χ0v) is 11.7. The van der Waals surface area contributed by atoms with Crippen molar-refractivity contribution in [3.63, 3.8) is 0 Å². The summed E-state index contributed by atoms with van der Waals surface area (Å²) in [5.74, 6) is 0.0773. The molecule has 0 amide bonds. The molecule has 19 heavy (non-hydrogen) atoms. The Bertz CT molecular complexity index is 408. The molecular formula is C13H21N3O3. The van der Waals surface area contributed by atoms with Crippen LogP contribution in [-0.4, -0.2) is 47.3 Å². The molecule has 0 fully saturated rings. The molecule has 1 aromatic rings. The standard InChI is InChI=1S/C13H21N3O3/c1-4-10(5-2)16(6-7-17)12-9-14-8-11(15-12)13(18)19-3/h8-10,17H,4-7H2,1-3H3. The van der Waals surface area contributed by atoms with Gasteiger partial charge in [0, 0.05) is 12.6 Å². The lowest BCUT2D eigenvalue weighted by Gasteiger charge is -2.30. The summed E-state index contributed by atoms with van der Waals surface area (Å²) in [7, 11) is 1.31. The third kappa shape index (κ3) is 3.89. The van der Waals surface area contributed by atoms with Crippen molar-refractivity contribution >= 4 is 11.8 Å². The van der Waals surface area contributed by atoms with Crippen molar-refractivity contribution in [3.8, 4) is 0 Å². The van der Waals surface area contributed by atoms with E-state index in [0.29, 0.717) is 12.4 Å². The lowest BCUT2D eigenvalue weighted by atomic mass is 10.1. The Morgan fingerprint density at radius 1 is 1.42 bits per heavy atom. The second-order valence-corrected chi connectivity index (χ2v) is 4.14. The Morgan fingerprint density at radius 2 is 2.11 bits per heavy atom. The smallest absolute Gasteiger partial charge is 0.358 e. The van der Waals surface area contributed by atoms with Crippen LogP contribution in [0.4, 0.5) is 5.82 Å². The molecular weight excluding hydrogens is 246 g/mol. The van der Waals surface area contributed by atoms with E-state index in [9.17, 15) is 9.90 Å². The lowest BCUT2D eigenvalue weighted by Crippen LogP contribution is -2.37. The summed E-state index contributed by atoms with van der Waals surface area (Å²) in [4.78, 5) is 21.7. The van der Waals surface area contributed by atoms with Gasteiger partial charge in [-0.05, 0) is 12.8 Å². The number of hydrogen-bond acceptors (Lipinski definition) is 6. The molecule has 0 radical (unpaired) electrons. The maximum absolute atomic E-state index is 11.5. The molecule has 0 aliphatic heterocycles. The molecule has 0 aliphatic carbocycles. The number of hydrogen-bond donors (Lipinski definition) is 1. The third-order valence-corrected chi connectivity index (χ3v) is 3.03. The second-order valence-electron chi connectivity index (χ2n) is 4.14. The normalized spacial score (nSPS) is 10.6. The molecule has 6 nitrogen and oxygen atoms in total. The summed E-state index contributed by atoms with van der Waals surface area (Å²) in [5.41, 5.74) is 0.175. The van der Waals surface area contributed by atoms with Gasteiger partial charge in [0.25, 0.3) is 0 Å². The van der Waals surface area contributed by atoms with Crippen LogP contribution in [0.5, 0.6) is 0 Å². The van der Waals surface area contributed by atoms with Crippen LogP contribution in [0.25, 0.3) is 0 Å². The number of carbonyl (C=O) groups is 1. The van der Waals surface area contributed by atoms with E-state index >= 15 is 0 Å². The first kappa shape index (κ1) is 15.4. The highest BCUT2D eigenvalue weighted by molar-refractivity contribution is 5.87. The fourth-order valence-electron chi connectivity index (χ4n) is 2.02. The molecule has 0 saturated heterocycles. The predicted molar refractivity (Wildman–Crippen MR) is 72.2 cm³/mol. The Morgan fingerprint density at radius 3 is 2.63 bits per heavy atom. The van der Waals surface area contributed by atoms with Gasteiger partial charge in [-0.25, -0.2) is 9.78 Å². The molecule has 0 unspecified atom stereocenters. The first-order chi connectivity index (χ1) is 9.17. The van der Waals surface area contributed by atoms with Crippen LogP contribution in [-0.2, 0) is 4.74 Å². The molecule has 0 bridgehead atoms. The molecule has 1 N–H and O–H groups in total. The molecule has 0 spiro atoms. The largest absolute Gasteiger partial charge is 0.464 e. The van der Waals surface area contributed by atoms with Crippen molar-refractivity contribution < 1.29 is 14.6 Å². The molecule has 106 valence electrons. The maximum Gasteiger partial charge on any atom is 0.358 e. The molecule has 0 aliphatic rings. The summed E-state index contributed by atoms with van der Waals surface area (Å²) >= 11 is 0. The minimum absolute atomic E-state index is 0.0284. The topological polar surface area (TPSA) is 75.5 Å². The number of anilines is 1. The third-order valence-electron chi connectivity index (χ3n) is 3.03. The SMILES string of the molecule is CCC(CC)N(CCO)c1cncc(C(=O)OC)n1. The number of rotatable bonds is 7. The van der Waals surface area contributed by atoms with E-state index in [2.05, 4.69) is 28.6 Å². The summed E-state index contributed by atoms with van der Waals surface area (Å²) in [6, 6.07) is 0.259. The van der Waals surface area contributed by atoms with Crippen molar-refractivity contribution in [2.24, 2.45) is 0 Å².